The maximum Gasteiger partial charge on any atom is 0.481 e. The molecule has 0 radical (unpaired) electrons. The number of hydrogen-bond acceptors (Lipinski definition) is 4. The van der Waals surface area contributed by atoms with E-state index in [4.69, 9.17) is 32.5 Å². The molecule has 4 fully saturated rings. The first-order valence-electron chi connectivity index (χ1n) is 11.8. The van der Waals surface area contributed by atoms with Crippen molar-refractivity contribution >= 4 is 42.1 Å². The van der Waals surface area contributed by atoms with Gasteiger partial charge in [0.25, 0.3) is 5.91 Å². The average molecular weight is 495 g/mol. The van der Waals surface area contributed by atoms with E-state index < -0.39 is 13.0 Å². The molecule has 0 spiro atoms. The number of halogens is 2. The minimum Gasteiger partial charge on any atom is -0.404 e. The number of nitrogens with one attached hydrogen (secondary N) is 2. The molecule has 0 aromatic heterocycles. The van der Waals surface area contributed by atoms with Crippen LogP contribution in [0.1, 0.15) is 64.2 Å². The second-order valence-corrected chi connectivity index (χ2v) is 11.8. The highest BCUT2D eigenvalue weighted by molar-refractivity contribution is 6.48. The molecule has 1 saturated heterocycles. The number of benzene rings is 1. The average Bonchev–Trinajstić information content (AvgIpc) is 3.10. The molecule has 3 aliphatic carbocycles. The fraction of sp³-hybridized carbons (Fsp3) is 0.667. The topological polar surface area (TPSA) is 76.7 Å². The van der Waals surface area contributed by atoms with Crippen molar-refractivity contribution in [2.24, 2.45) is 23.2 Å². The maximum absolute atomic E-state index is 12.8. The molecule has 3 saturated carbocycles. The third kappa shape index (κ3) is 4.66. The van der Waals surface area contributed by atoms with Gasteiger partial charge >= 0.3 is 7.12 Å². The van der Waals surface area contributed by atoms with Gasteiger partial charge in [-0.1, -0.05) is 50.9 Å². The van der Waals surface area contributed by atoms with Gasteiger partial charge in [0.15, 0.2) is 0 Å². The normalized spacial score (nSPS) is 30.4. The summed E-state index contributed by atoms with van der Waals surface area (Å²) in [7, 11) is -0.500. The molecule has 1 heterocycles. The Labute approximate surface area is 206 Å². The molecular weight excluding hydrogens is 462 g/mol. The van der Waals surface area contributed by atoms with Crippen LogP contribution in [0.15, 0.2) is 18.2 Å². The number of carbonyl (C=O) groups excluding carboxylic acids is 2. The van der Waals surface area contributed by atoms with Crippen LogP contribution in [0.4, 0.5) is 0 Å². The Balaban J connectivity index is 1.39. The quantitative estimate of drug-likeness (QED) is 0.546. The first kappa shape index (κ1) is 24.8. The third-order valence-corrected chi connectivity index (χ3v) is 8.52. The zero-order valence-corrected chi connectivity index (χ0v) is 21.4. The van der Waals surface area contributed by atoms with Crippen LogP contribution < -0.4 is 10.6 Å². The van der Waals surface area contributed by atoms with Crippen LogP contribution in [0.25, 0.3) is 0 Å². The predicted molar refractivity (Wildman–Crippen MR) is 130 cm³/mol. The molecule has 2 amide bonds. The van der Waals surface area contributed by atoms with Crippen molar-refractivity contribution in [3.63, 3.8) is 0 Å². The van der Waals surface area contributed by atoms with E-state index in [2.05, 4.69) is 45.3 Å². The number of hydrogen-bond donors (Lipinski definition) is 2. The fourth-order valence-corrected chi connectivity index (χ4v) is 6.38. The van der Waals surface area contributed by atoms with E-state index in [1.54, 1.807) is 12.1 Å². The summed E-state index contributed by atoms with van der Waals surface area (Å²) in [6.07, 6.45) is 2.94. The van der Waals surface area contributed by atoms with Gasteiger partial charge in [0.2, 0.25) is 5.91 Å². The van der Waals surface area contributed by atoms with Crippen molar-refractivity contribution in [2.45, 2.75) is 71.5 Å². The Kier molecular flexibility index (Phi) is 6.82. The van der Waals surface area contributed by atoms with Crippen molar-refractivity contribution in [1.82, 2.24) is 10.6 Å². The summed E-state index contributed by atoms with van der Waals surface area (Å²) >= 11 is 12.1. The van der Waals surface area contributed by atoms with Crippen molar-refractivity contribution in [2.75, 3.05) is 6.54 Å². The van der Waals surface area contributed by atoms with Crippen LogP contribution in [-0.4, -0.2) is 43.1 Å². The van der Waals surface area contributed by atoms with Gasteiger partial charge in [-0.3, -0.25) is 9.59 Å². The number of rotatable bonds is 7. The Bertz CT molecular complexity index is 943. The molecule has 9 heteroatoms. The smallest absolute Gasteiger partial charge is 0.404 e. The van der Waals surface area contributed by atoms with Gasteiger partial charge in [0.1, 0.15) is 0 Å². The Morgan fingerprint density at radius 3 is 2.61 bits per heavy atom. The Morgan fingerprint density at radius 2 is 1.94 bits per heavy atom. The van der Waals surface area contributed by atoms with Crippen LogP contribution in [0, 0.1) is 23.2 Å². The molecule has 33 heavy (non-hydrogen) atoms. The number of carbonyl (C=O) groups is 2. The third-order valence-electron chi connectivity index (χ3n) is 7.95. The van der Waals surface area contributed by atoms with Gasteiger partial charge in [0.05, 0.1) is 34.8 Å². The molecule has 1 aromatic carbocycles. The van der Waals surface area contributed by atoms with Gasteiger partial charge in [-0.2, -0.15) is 0 Å². The first-order chi connectivity index (χ1) is 15.4. The lowest BCUT2D eigenvalue weighted by molar-refractivity contribution is -0.199. The zero-order chi connectivity index (χ0) is 24.1. The molecule has 2 N–H and O–H groups in total. The second-order valence-electron chi connectivity index (χ2n) is 10.9. The monoisotopic (exact) mass is 494 g/mol. The highest BCUT2D eigenvalue weighted by atomic mass is 35.5. The summed E-state index contributed by atoms with van der Waals surface area (Å²) in [6, 6.07) is 4.64. The lowest BCUT2D eigenvalue weighted by Gasteiger charge is -2.64. The molecule has 1 unspecified atom stereocenters. The van der Waals surface area contributed by atoms with Gasteiger partial charge in [-0.15, -0.1) is 0 Å². The summed E-state index contributed by atoms with van der Waals surface area (Å²) < 4.78 is 13.0. The molecule has 1 aromatic rings. The van der Waals surface area contributed by atoms with E-state index in [-0.39, 0.29) is 46.1 Å². The predicted octanol–water partition coefficient (Wildman–Crippen LogP) is 4.52. The van der Waals surface area contributed by atoms with E-state index in [0.717, 1.165) is 6.42 Å². The highest BCUT2D eigenvalue weighted by Gasteiger charge is 2.68. The fourth-order valence-electron chi connectivity index (χ4n) is 6.00. The summed E-state index contributed by atoms with van der Waals surface area (Å²) in [5.74, 6) is 0.399. The minimum atomic E-state index is -0.500. The first-order valence-corrected chi connectivity index (χ1v) is 12.5. The van der Waals surface area contributed by atoms with Crippen molar-refractivity contribution in [1.29, 1.82) is 0 Å². The lowest BCUT2D eigenvalue weighted by atomic mass is 9.43. The molecule has 5 atom stereocenters. The largest absolute Gasteiger partial charge is 0.481 e. The SMILES string of the molecule is CC(C)C[C@H](NC(=O)CNC(=O)c1cc(Cl)ccc1Cl)B1OC2C[C@@H]3C[C@@H](C3(C)C)[C@]2(C)O1. The minimum absolute atomic E-state index is 0.0514. The van der Waals surface area contributed by atoms with E-state index in [9.17, 15) is 9.59 Å². The van der Waals surface area contributed by atoms with E-state index >= 15 is 0 Å². The van der Waals surface area contributed by atoms with Gasteiger partial charge < -0.3 is 19.9 Å². The molecular formula is C24H33BCl2N2O4. The van der Waals surface area contributed by atoms with Crippen LogP contribution in [-0.2, 0) is 14.1 Å². The molecule has 5 rings (SSSR count). The summed E-state index contributed by atoms with van der Waals surface area (Å²) in [5.41, 5.74) is 0.156. The van der Waals surface area contributed by atoms with Crippen LogP contribution in [0.2, 0.25) is 10.0 Å². The van der Waals surface area contributed by atoms with Crippen molar-refractivity contribution in [3.8, 4) is 0 Å². The zero-order valence-electron chi connectivity index (χ0n) is 19.9. The molecule has 1 aliphatic heterocycles. The summed E-state index contributed by atoms with van der Waals surface area (Å²) in [6.45, 7) is 10.8. The summed E-state index contributed by atoms with van der Waals surface area (Å²) in [5, 5.41) is 6.34. The van der Waals surface area contributed by atoms with Crippen LogP contribution in [0.3, 0.4) is 0 Å². The lowest BCUT2D eigenvalue weighted by Crippen LogP contribution is -2.65. The van der Waals surface area contributed by atoms with E-state index in [1.165, 1.54) is 12.5 Å². The highest BCUT2D eigenvalue weighted by Crippen LogP contribution is 2.65. The van der Waals surface area contributed by atoms with Crippen LogP contribution in [0.5, 0.6) is 0 Å². The maximum atomic E-state index is 12.8. The number of amides is 2. The van der Waals surface area contributed by atoms with Gasteiger partial charge in [-0.25, -0.2) is 0 Å². The van der Waals surface area contributed by atoms with Crippen molar-refractivity contribution in [3.05, 3.63) is 33.8 Å². The van der Waals surface area contributed by atoms with Gasteiger partial charge in [0, 0.05) is 5.02 Å². The molecule has 4 aliphatic rings. The standard InChI is InChI=1S/C24H33BCl2N2O4/c1-13(2)8-20(25-32-19-10-14-9-18(23(14,3)4)24(19,5)33-25)29-21(30)12-28-22(31)16-11-15(26)6-7-17(16)27/h6-7,11,13-14,18-20H,8-10,12H2,1-5H3,(H,28,31)(H,29,30)/t14-,18-,19?,20-,24-/m0/s1. The van der Waals surface area contributed by atoms with E-state index in [1.807, 2.05) is 0 Å². The van der Waals surface area contributed by atoms with Gasteiger partial charge in [-0.05, 0) is 67.6 Å². The molecule has 180 valence electrons. The molecule has 6 nitrogen and oxygen atoms in total. The second kappa shape index (κ2) is 9.06. The van der Waals surface area contributed by atoms with Crippen molar-refractivity contribution < 1.29 is 18.9 Å². The Morgan fingerprint density at radius 1 is 1.21 bits per heavy atom. The van der Waals surface area contributed by atoms with E-state index in [0.29, 0.717) is 29.2 Å². The summed E-state index contributed by atoms with van der Waals surface area (Å²) in [4.78, 5) is 25.2. The Hall–Kier alpha value is -1.28. The molecule has 2 bridgehead atoms. The van der Waals surface area contributed by atoms with Crippen LogP contribution >= 0.6 is 23.2 Å².